The molecule has 1 aliphatic rings. The second-order valence-electron chi connectivity index (χ2n) is 5.84. The van der Waals surface area contributed by atoms with Crippen LogP contribution in [-0.4, -0.2) is 18.5 Å². The van der Waals surface area contributed by atoms with E-state index in [2.05, 4.69) is 5.32 Å². The molecule has 1 atom stereocenters. The van der Waals surface area contributed by atoms with Crippen LogP contribution < -0.4 is 5.32 Å². The van der Waals surface area contributed by atoms with Gasteiger partial charge in [-0.05, 0) is 49.4 Å². The van der Waals surface area contributed by atoms with Gasteiger partial charge in [0.05, 0.1) is 0 Å². The highest BCUT2D eigenvalue weighted by Crippen LogP contribution is 2.38. The van der Waals surface area contributed by atoms with Crippen LogP contribution in [-0.2, 0) is 6.42 Å². The molecule has 1 unspecified atom stereocenters. The predicted octanol–water partition coefficient (Wildman–Crippen LogP) is 4.31. The summed E-state index contributed by atoms with van der Waals surface area (Å²) in [6.45, 7) is 2.64. The third-order valence-electron chi connectivity index (χ3n) is 4.18. The molecule has 118 valence electrons. The van der Waals surface area contributed by atoms with Crippen molar-refractivity contribution in [2.45, 2.75) is 51.0 Å². The summed E-state index contributed by atoms with van der Waals surface area (Å²) in [4.78, 5) is 0. The zero-order valence-electron chi connectivity index (χ0n) is 12.1. The quantitative estimate of drug-likeness (QED) is 0.799. The number of hydrogen-bond donors (Lipinski definition) is 1. The molecule has 1 aliphatic carbocycles. The van der Waals surface area contributed by atoms with Crippen molar-refractivity contribution >= 4 is 0 Å². The number of halogens is 4. The third kappa shape index (κ3) is 4.70. The lowest BCUT2D eigenvalue weighted by molar-refractivity contribution is -0.0494. The summed E-state index contributed by atoms with van der Waals surface area (Å²) in [5.74, 6) is -3.64. The fourth-order valence-electron chi connectivity index (χ4n) is 3.12. The Hall–Kier alpha value is -1.10. The molecule has 1 N–H and O–H groups in total. The van der Waals surface area contributed by atoms with Gasteiger partial charge < -0.3 is 5.32 Å². The van der Waals surface area contributed by atoms with Gasteiger partial charge >= 0.3 is 0 Å². The lowest BCUT2D eigenvalue weighted by Crippen LogP contribution is -2.41. The van der Waals surface area contributed by atoms with Crippen molar-refractivity contribution in [2.24, 2.45) is 5.92 Å². The van der Waals surface area contributed by atoms with Crippen molar-refractivity contribution in [3.63, 3.8) is 0 Å². The molecule has 5 heteroatoms. The van der Waals surface area contributed by atoms with Crippen LogP contribution in [0.4, 0.5) is 17.6 Å². The van der Waals surface area contributed by atoms with Crippen LogP contribution in [0.25, 0.3) is 0 Å². The van der Waals surface area contributed by atoms with E-state index in [1.165, 1.54) is 12.1 Å². The van der Waals surface area contributed by atoms with E-state index in [0.29, 0.717) is 31.4 Å². The number of likely N-dealkylation sites (N-methyl/N-ethyl adjacent to an activating group) is 1. The second-order valence-corrected chi connectivity index (χ2v) is 5.84. The van der Waals surface area contributed by atoms with Crippen molar-refractivity contribution in [3.05, 3.63) is 35.4 Å². The molecule has 1 saturated carbocycles. The minimum Gasteiger partial charge on any atom is -0.314 e. The van der Waals surface area contributed by atoms with E-state index in [0.717, 1.165) is 6.07 Å². The Kier molecular flexibility index (Phi) is 5.25. The molecule has 1 aromatic rings. The zero-order valence-corrected chi connectivity index (χ0v) is 12.1. The molecule has 1 fully saturated rings. The Balaban J connectivity index is 2.05. The van der Waals surface area contributed by atoms with Gasteiger partial charge in [0, 0.05) is 24.9 Å². The summed E-state index contributed by atoms with van der Waals surface area (Å²) in [6, 6.07) is 3.44. The van der Waals surface area contributed by atoms with E-state index in [-0.39, 0.29) is 24.8 Å². The molecule has 2 rings (SSSR count). The third-order valence-corrected chi connectivity index (χ3v) is 4.18. The molecule has 0 amide bonds. The molecule has 0 bridgehead atoms. The summed E-state index contributed by atoms with van der Waals surface area (Å²) < 4.78 is 53.0. The molecule has 0 spiro atoms. The number of benzene rings is 1. The van der Waals surface area contributed by atoms with Crippen molar-refractivity contribution < 1.29 is 17.6 Å². The highest BCUT2D eigenvalue weighted by molar-refractivity contribution is 5.19. The zero-order chi connectivity index (χ0) is 15.5. The van der Waals surface area contributed by atoms with E-state index in [4.69, 9.17) is 0 Å². The fraction of sp³-hybridized carbons (Fsp3) is 0.625. The highest BCUT2D eigenvalue weighted by atomic mass is 19.3. The van der Waals surface area contributed by atoms with E-state index in [1.807, 2.05) is 6.92 Å². The Morgan fingerprint density at radius 3 is 2.24 bits per heavy atom. The van der Waals surface area contributed by atoms with E-state index < -0.39 is 17.6 Å². The average molecular weight is 303 g/mol. The Bertz CT molecular complexity index is 445. The van der Waals surface area contributed by atoms with Crippen molar-refractivity contribution in [1.82, 2.24) is 5.32 Å². The summed E-state index contributed by atoms with van der Waals surface area (Å²) in [5.41, 5.74) is 0.566. The number of nitrogens with one attached hydrogen (secondary N) is 1. The first-order chi connectivity index (χ1) is 9.89. The maximum Gasteiger partial charge on any atom is 0.248 e. The van der Waals surface area contributed by atoms with Gasteiger partial charge in [-0.25, -0.2) is 17.6 Å². The molecule has 0 aromatic heterocycles. The van der Waals surface area contributed by atoms with Crippen molar-refractivity contribution in [3.8, 4) is 0 Å². The summed E-state index contributed by atoms with van der Waals surface area (Å²) in [5, 5.41) is 3.28. The standard InChI is InChI=1S/C16H21F4N/c1-2-21-15(12-3-5-16(19,20)6-4-12)9-11-7-13(17)10-14(18)8-11/h7-8,10,12,15,21H,2-6,9H2,1H3. The number of hydrogen-bond acceptors (Lipinski definition) is 1. The first-order valence-electron chi connectivity index (χ1n) is 7.46. The molecule has 0 heterocycles. The Labute approximate surface area is 122 Å². The normalized spacial score (nSPS) is 20.4. The minimum atomic E-state index is -2.56. The van der Waals surface area contributed by atoms with Crippen LogP contribution >= 0.6 is 0 Å². The summed E-state index contributed by atoms with van der Waals surface area (Å²) in [6.07, 6.45) is 1.15. The Morgan fingerprint density at radius 2 is 1.71 bits per heavy atom. The van der Waals surface area contributed by atoms with Gasteiger partial charge in [-0.15, -0.1) is 0 Å². The molecule has 21 heavy (non-hydrogen) atoms. The number of alkyl halides is 2. The van der Waals surface area contributed by atoms with Gasteiger partial charge in [0.2, 0.25) is 5.92 Å². The first kappa shape index (κ1) is 16.3. The molecule has 1 nitrogen and oxygen atoms in total. The van der Waals surface area contributed by atoms with Gasteiger partial charge in [0.1, 0.15) is 11.6 Å². The first-order valence-corrected chi connectivity index (χ1v) is 7.46. The smallest absolute Gasteiger partial charge is 0.248 e. The average Bonchev–Trinajstić information content (AvgIpc) is 2.37. The second kappa shape index (κ2) is 6.77. The van der Waals surface area contributed by atoms with Crippen LogP contribution in [0, 0.1) is 17.6 Å². The topological polar surface area (TPSA) is 12.0 Å². The van der Waals surface area contributed by atoms with Crippen molar-refractivity contribution in [1.29, 1.82) is 0 Å². The number of rotatable bonds is 5. The summed E-state index contributed by atoms with van der Waals surface area (Å²) in [7, 11) is 0. The van der Waals surface area contributed by atoms with E-state index >= 15 is 0 Å². The van der Waals surface area contributed by atoms with Gasteiger partial charge in [0.25, 0.3) is 0 Å². The maximum atomic E-state index is 13.2. The Morgan fingerprint density at radius 1 is 1.14 bits per heavy atom. The lowest BCUT2D eigenvalue weighted by atomic mass is 9.80. The molecular weight excluding hydrogens is 282 g/mol. The van der Waals surface area contributed by atoms with Gasteiger partial charge in [-0.1, -0.05) is 6.92 Å². The molecule has 1 aromatic carbocycles. The van der Waals surface area contributed by atoms with E-state index in [1.54, 1.807) is 0 Å². The fourth-order valence-corrected chi connectivity index (χ4v) is 3.12. The van der Waals surface area contributed by atoms with Crippen molar-refractivity contribution in [2.75, 3.05) is 6.54 Å². The van der Waals surface area contributed by atoms with Gasteiger partial charge in [-0.3, -0.25) is 0 Å². The minimum absolute atomic E-state index is 0.0210. The van der Waals surface area contributed by atoms with Crippen LogP contribution in [0.15, 0.2) is 18.2 Å². The predicted molar refractivity (Wildman–Crippen MR) is 74.4 cm³/mol. The molecule has 0 aliphatic heterocycles. The van der Waals surface area contributed by atoms with Crippen LogP contribution in [0.1, 0.15) is 38.2 Å². The highest BCUT2D eigenvalue weighted by Gasteiger charge is 2.37. The SMILES string of the molecule is CCNC(Cc1cc(F)cc(F)c1)C1CCC(F)(F)CC1. The maximum absolute atomic E-state index is 13.2. The van der Waals surface area contributed by atoms with Crippen LogP contribution in [0.5, 0.6) is 0 Å². The largest absolute Gasteiger partial charge is 0.314 e. The van der Waals surface area contributed by atoms with E-state index in [9.17, 15) is 17.6 Å². The lowest BCUT2D eigenvalue weighted by Gasteiger charge is -2.34. The van der Waals surface area contributed by atoms with Gasteiger partial charge in [0.15, 0.2) is 0 Å². The van der Waals surface area contributed by atoms with Gasteiger partial charge in [-0.2, -0.15) is 0 Å². The molecular formula is C16H21F4N. The summed E-state index contributed by atoms with van der Waals surface area (Å²) >= 11 is 0. The monoisotopic (exact) mass is 303 g/mol. The molecule has 0 saturated heterocycles. The van der Waals surface area contributed by atoms with Crippen LogP contribution in [0.3, 0.4) is 0 Å². The van der Waals surface area contributed by atoms with Crippen LogP contribution in [0.2, 0.25) is 0 Å². The molecule has 0 radical (unpaired) electrons.